The van der Waals surface area contributed by atoms with E-state index >= 15 is 0 Å². The third-order valence-corrected chi connectivity index (χ3v) is 5.54. The Labute approximate surface area is 183 Å². The minimum absolute atomic E-state index is 0.00418. The van der Waals surface area contributed by atoms with E-state index in [1.54, 1.807) is 0 Å². The molecular weight excluding hydrogens is 386 g/mol. The van der Waals surface area contributed by atoms with Gasteiger partial charge in [-0.2, -0.15) is 0 Å². The predicted octanol–water partition coefficient (Wildman–Crippen LogP) is 5.22. The summed E-state index contributed by atoms with van der Waals surface area (Å²) in [4.78, 5) is 27.3. The number of rotatable bonds is 4. The number of anilines is 2. The summed E-state index contributed by atoms with van der Waals surface area (Å²) < 4.78 is 0. The molecule has 0 spiro atoms. The molecule has 5 heteroatoms. The van der Waals surface area contributed by atoms with Crippen LogP contribution in [-0.4, -0.2) is 18.0 Å². The van der Waals surface area contributed by atoms with E-state index in [1.165, 1.54) is 0 Å². The molecule has 3 aromatic rings. The first kappa shape index (κ1) is 20.7. The van der Waals surface area contributed by atoms with Gasteiger partial charge in [-0.3, -0.25) is 4.79 Å². The molecule has 1 atom stereocenters. The van der Waals surface area contributed by atoms with Crippen molar-refractivity contribution in [3.63, 3.8) is 0 Å². The summed E-state index contributed by atoms with van der Waals surface area (Å²) in [6.45, 7) is 6.45. The van der Waals surface area contributed by atoms with Gasteiger partial charge in [0.15, 0.2) is 0 Å². The Morgan fingerprint density at radius 3 is 2.39 bits per heavy atom. The van der Waals surface area contributed by atoms with Crippen LogP contribution in [0.3, 0.4) is 0 Å². The molecule has 1 unspecified atom stereocenters. The van der Waals surface area contributed by atoms with E-state index in [1.807, 2.05) is 73.3 Å². The maximum Gasteiger partial charge on any atom is 0.319 e. The number of urea groups is 1. The summed E-state index contributed by atoms with van der Waals surface area (Å²) in [7, 11) is 0. The molecule has 1 heterocycles. The molecular formula is C26H27N3O2. The van der Waals surface area contributed by atoms with E-state index in [0.29, 0.717) is 12.1 Å². The van der Waals surface area contributed by atoms with Crippen LogP contribution in [0.25, 0.3) is 0 Å². The molecule has 1 aliphatic heterocycles. The molecule has 3 amide bonds. The number of carbonyl (C=O) groups is 2. The maximum absolute atomic E-state index is 13.1. The highest BCUT2D eigenvalue weighted by Gasteiger charge is 2.31. The lowest BCUT2D eigenvalue weighted by Crippen LogP contribution is -2.35. The molecule has 31 heavy (non-hydrogen) atoms. The van der Waals surface area contributed by atoms with E-state index in [-0.39, 0.29) is 18.0 Å². The highest BCUT2D eigenvalue weighted by molar-refractivity contribution is 6.07. The van der Waals surface area contributed by atoms with Crippen molar-refractivity contribution in [3.05, 3.63) is 94.5 Å². The number of amides is 3. The van der Waals surface area contributed by atoms with Crippen molar-refractivity contribution < 1.29 is 9.59 Å². The van der Waals surface area contributed by atoms with Crippen molar-refractivity contribution in [2.75, 3.05) is 10.2 Å². The van der Waals surface area contributed by atoms with Crippen LogP contribution < -0.4 is 15.5 Å². The van der Waals surface area contributed by atoms with Crippen LogP contribution in [0, 0.1) is 13.8 Å². The number of fused-ring (bicyclic) bond motifs is 1. The van der Waals surface area contributed by atoms with Gasteiger partial charge in [0.05, 0.1) is 0 Å². The Bertz CT molecular complexity index is 1100. The Balaban J connectivity index is 1.46. The lowest BCUT2D eigenvalue weighted by atomic mass is 10.1. The first-order chi connectivity index (χ1) is 14.9. The molecule has 0 aromatic heterocycles. The van der Waals surface area contributed by atoms with Crippen LogP contribution in [0.4, 0.5) is 16.2 Å². The lowest BCUT2D eigenvalue weighted by molar-refractivity contribution is 0.0981. The average molecular weight is 414 g/mol. The minimum Gasteiger partial charge on any atom is -0.334 e. The van der Waals surface area contributed by atoms with E-state index in [9.17, 15) is 9.59 Å². The second-order valence-electron chi connectivity index (χ2n) is 8.24. The predicted molar refractivity (Wildman–Crippen MR) is 125 cm³/mol. The minimum atomic E-state index is -0.254. The quantitative estimate of drug-likeness (QED) is 0.616. The van der Waals surface area contributed by atoms with Crippen LogP contribution in [-0.2, 0) is 13.0 Å². The van der Waals surface area contributed by atoms with Gasteiger partial charge in [0.1, 0.15) is 0 Å². The summed E-state index contributed by atoms with van der Waals surface area (Å²) in [6.07, 6.45) is 0.828. The van der Waals surface area contributed by atoms with E-state index in [4.69, 9.17) is 0 Å². The van der Waals surface area contributed by atoms with Gasteiger partial charge < -0.3 is 15.5 Å². The summed E-state index contributed by atoms with van der Waals surface area (Å²) in [6, 6.07) is 21.2. The largest absolute Gasteiger partial charge is 0.334 e. The maximum atomic E-state index is 13.1. The van der Waals surface area contributed by atoms with E-state index in [2.05, 4.69) is 29.7 Å². The van der Waals surface area contributed by atoms with E-state index < -0.39 is 0 Å². The third-order valence-electron chi connectivity index (χ3n) is 5.54. The van der Waals surface area contributed by atoms with Gasteiger partial charge in [0.2, 0.25) is 0 Å². The molecule has 4 rings (SSSR count). The Morgan fingerprint density at radius 1 is 0.968 bits per heavy atom. The second kappa shape index (κ2) is 8.64. The average Bonchev–Trinajstić information content (AvgIpc) is 3.06. The summed E-state index contributed by atoms with van der Waals surface area (Å²) >= 11 is 0. The first-order valence-electron chi connectivity index (χ1n) is 10.5. The molecule has 0 saturated carbocycles. The van der Waals surface area contributed by atoms with Crippen LogP contribution in [0.15, 0.2) is 66.7 Å². The molecule has 2 N–H and O–H groups in total. The standard InChI is InChI=1S/C26H27N3O2/c1-17-11-18(2)13-23(12-17)28-26(31)27-16-20-9-10-22-14-19(3)29(24(22)15-20)25(30)21-7-5-4-6-8-21/h4-13,15,19H,14,16H2,1-3H3,(H2,27,28,31). The van der Waals surface area contributed by atoms with Gasteiger partial charge in [-0.05, 0) is 79.8 Å². The number of aryl methyl sites for hydroxylation is 2. The van der Waals surface area contributed by atoms with Gasteiger partial charge in [-0.1, -0.05) is 36.4 Å². The molecule has 1 aliphatic rings. The number of carbonyl (C=O) groups excluding carboxylic acids is 2. The molecule has 0 aliphatic carbocycles. The number of benzene rings is 3. The fourth-order valence-electron chi connectivity index (χ4n) is 4.20. The van der Waals surface area contributed by atoms with Crippen molar-refractivity contribution in [1.29, 1.82) is 0 Å². The zero-order valence-electron chi connectivity index (χ0n) is 18.1. The van der Waals surface area contributed by atoms with Crippen molar-refractivity contribution in [2.24, 2.45) is 0 Å². The number of hydrogen-bond acceptors (Lipinski definition) is 2. The highest BCUT2D eigenvalue weighted by atomic mass is 16.2. The zero-order valence-corrected chi connectivity index (χ0v) is 18.1. The van der Waals surface area contributed by atoms with Gasteiger partial charge in [0.25, 0.3) is 5.91 Å². The van der Waals surface area contributed by atoms with Gasteiger partial charge in [-0.25, -0.2) is 4.79 Å². The summed E-state index contributed by atoms with van der Waals surface area (Å²) in [5.74, 6) is 0.00418. The van der Waals surface area contributed by atoms with Gasteiger partial charge >= 0.3 is 6.03 Å². The van der Waals surface area contributed by atoms with Crippen molar-refractivity contribution in [3.8, 4) is 0 Å². The SMILES string of the molecule is Cc1cc(C)cc(NC(=O)NCc2ccc3c(c2)N(C(=O)c2ccccc2)C(C)C3)c1. The van der Waals surface area contributed by atoms with Crippen LogP contribution in [0.1, 0.15) is 39.5 Å². The molecule has 158 valence electrons. The summed E-state index contributed by atoms with van der Waals surface area (Å²) in [5, 5.41) is 5.80. The normalized spacial score (nSPS) is 14.8. The van der Waals surface area contributed by atoms with Gasteiger partial charge in [0, 0.05) is 29.5 Å². The monoisotopic (exact) mass is 413 g/mol. The van der Waals surface area contributed by atoms with Crippen molar-refractivity contribution >= 4 is 23.3 Å². The Kier molecular flexibility index (Phi) is 5.76. The lowest BCUT2D eigenvalue weighted by Gasteiger charge is -2.23. The molecule has 0 radical (unpaired) electrons. The summed E-state index contributed by atoms with van der Waals surface area (Å²) in [5.41, 5.74) is 6.69. The fourth-order valence-corrected chi connectivity index (χ4v) is 4.20. The number of nitrogens with one attached hydrogen (secondary N) is 2. The van der Waals surface area contributed by atoms with E-state index in [0.717, 1.165) is 40.0 Å². The molecule has 0 bridgehead atoms. The first-order valence-corrected chi connectivity index (χ1v) is 10.5. The fraction of sp³-hybridized carbons (Fsp3) is 0.231. The number of nitrogens with zero attached hydrogens (tertiary/aromatic N) is 1. The topological polar surface area (TPSA) is 61.4 Å². The second-order valence-corrected chi connectivity index (χ2v) is 8.24. The van der Waals surface area contributed by atoms with Crippen LogP contribution in [0.5, 0.6) is 0 Å². The van der Waals surface area contributed by atoms with Crippen LogP contribution >= 0.6 is 0 Å². The van der Waals surface area contributed by atoms with Gasteiger partial charge in [-0.15, -0.1) is 0 Å². The molecule has 3 aromatic carbocycles. The number of hydrogen-bond donors (Lipinski definition) is 2. The smallest absolute Gasteiger partial charge is 0.319 e. The van der Waals surface area contributed by atoms with Crippen LogP contribution in [0.2, 0.25) is 0 Å². The molecule has 0 saturated heterocycles. The third kappa shape index (κ3) is 4.61. The Morgan fingerprint density at radius 2 is 1.68 bits per heavy atom. The van der Waals surface area contributed by atoms with Crippen molar-refractivity contribution in [2.45, 2.75) is 39.8 Å². The molecule has 0 fully saturated rings. The molecule has 5 nitrogen and oxygen atoms in total. The van der Waals surface area contributed by atoms with Crippen molar-refractivity contribution in [1.82, 2.24) is 5.32 Å². The Hall–Kier alpha value is -3.60. The highest BCUT2D eigenvalue weighted by Crippen LogP contribution is 2.34. The zero-order chi connectivity index (χ0) is 22.0.